The van der Waals surface area contributed by atoms with Gasteiger partial charge in [-0.3, -0.25) is 19.3 Å². The van der Waals surface area contributed by atoms with E-state index < -0.39 is 0 Å². The molecule has 160 valence electrons. The lowest BCUT2D eigenvalue weighted by atomic mass is 10.1. The molecule has 0 atom stereocenters. The van der Waals surface area contributed by atoms with Crippen molar-refractivity contribution in [1.29, 1.82) is 0 Å². The van der Waals surface area contributed by atoms with Gasteiger partial charge in [0.05, 0.1) is 29.7 Å². The summed E-state index contributed by atoms with van der Waals surface area (Å²) >= 11 is 0. The molecule has 0 unspecified atom stereocenters. The van der Waals surface area contributed by atoms with E-state index in [1.54, 1.807) is 47.5 Å². The van der Waals surface area contributed by atoms with E-state index in [0.717, 1.165) is 11.1 Å². The maximum atomic E-state index is 12.4. The number of hydrogen-bond donors (Lipinski definition) is 3. The van der Waals surface area contributed by atoms with Crippen molar-refractivity contribution in [2.75, 3.05) is 11.1 Å². The van der Waals surface area contributed by atoms with Crippen molar-refractivity contribution < 1.29 is 9.59 Å². The van der Waals surface area contributed by atoms with Crippen LogP contribution in [-0.4, -0.2) is 26.6 Å². The first kappa shape index (κ1) is 20.8. The molecule has 4 aromatic rings. The normalized spacial score (nSPS) is 10.5. The highest BCUT2D eigenvalue weighted by Crippen LogP contribution is 2.18. The second kappa shape index (κ2) is 9.57. The van der Waals surface area contributed by atoms with E-state index >= 15 is 0 Å². The Bertz CT molecular complexity index is 1220. The Morgan fingerprint density at radius 1 is 0.875 bits per heavy atom. The molecule has 0 saturated carbocycles. The van der Waals surface area contributed by atoms with Crippen molar-refractivity contribution in [3.63, 3.8) is 0 Å². The van der Waals surface area contributed by atoms with Crippen LogP contribution in [0.2, 0.25) is 0 Å². The van der Waals surface area contributed by atoms with Crippen LogP contribution in [0.25, 0.3) is 0 Å². The Morgan fingerprint density at radius 3 is 2.44 bits per heavy atom. The molecule has 0 aliphatic carbocycles. The van der Waals surface area contributed by atoms with Crippen LogP contribution in [0.1, 0.15) is 31.8 Å². The number of anilines is 2. The number of hydrogen-bond acceptors (Lipinski definition) is 5. The van der Waals surface area contributed by atoms with Gasteiger partial charge in [0.25, 0.3) is 11.8 Å². The lowest BCUT2D eigenvalue weighted by Gasteiger charge is -2.08. The van der Waals surface area contributed by atoms with E-state index in [2.05, 4.69) is 20.7 Å². The van der Waals surface area contributed by atoms with Crippen molar-refractivity contribution in [2.45, 2.75) is 13.1 Å². The largest absolute Gasteiger partial charge is 0.397 e. The maximum Gasteiger partial charge on any atom is 0.255 e. The minimum atomic E-state index is -0.235. The van der Waals surface area contributed by atoms with Crippen LogP contribution in [0.5, 0.6) is 0 Å². The molecule has 2 aromatic heterocycles. The highest BCUT2D eigenvalue weighted by molar-refractivity contribution is 6.05. The van der Waals surface area contributed by atoms with Crippen LogP contribution in [0.15, 0.2) is 85.5 Å². The number of nitrogen functional groups attached to an aromatic ring is 1. The van der Waals surface area contributed by atoms with Crippen molar-refractivity contribution >= 4 is 23.2 Å². The maximum absolute atomic E-state index is 12.4. The molecule has 8 nitrogen and oxygen atoms in total. The van der Waals surface area contributed by atoms with E-state index in [1.807, 2.05) is 36.4 Å². The first-order chi connectivity index (χ1) is 15.6. The van der Waals surface area contributed by atoms with Gasteiger partial charge in [0.15, 0.2) is 0 Å². The zero-order chi connectivity index (χ0) is 22.3. The van der Waals surface area contributed by atoms with E-state index in [0.29, 0.717) is 35.6 Å². The SMILES string of the molecule is Nc1ccccc1NC(=O)c1ccc(Cn2cc(C(=O)NCc3cccnc3)cn2)cc1. The number of rotatable bonds is 7. The summed E-state index contributed by atoms with van der Waals surface area (Å²) in [6, 6.07) is 18.0. The molecule has 0 bridgehead atoms. The molecule has 0 saturated heterocycles. The number of carbonyl (C=O) groups excluding carboxylic acids is 2. The fraction of sp³-hybridized carbons (Fsp3) is 0.0833. The molecule has 0 aliphatic heterocycles. The molecule has 2 aromatic carbocycles. The first-order valence-electron chi connectivity index (χ1n) is 10.0. The van der Waals surface area contributed by atoms with Crippen LogP contribution in [0.4, 0.5) is 11.4 Å². The number of nitrogens with one attached hydrogen (secondary N) is 2. The minimum absolute atomic E-state index is 0.202. The molecule has 4 rings (SSSR count). The van der Waals surface area contributed by atoms with Gasteiger partial charge in [-0.2, -0.15) is 5.10 Å². The van der Waals surface area contributed by atoms with Gasteiger partial charge < -0.3 is 16.4 Å². The number of carbonyl (C=O) groups is 2. The van der Waals surface area contributed by atoms with Crippen LogP contribution in [-0.2, 0) is 13.1 Å². The molecule has 32 heavy (non-hydrogen) atoms. The second-order valence-corrected chi connectivity index (χ2v) is 7.21. The zero-order valence-electron chi connectivity index (χ0n) is 17.2. The predicted molar refractivity (Wildman–Crippen MR) is 122 cm³/mol. The average Bonchev–Trinajstić information content (AvgIpc) is 3.29. The molecule has 2 amide bonds. The summed E-state index contributed by atoms with van der Waals surface area (Å²) in [5, 5.41) is 9.92. The van der Waals surface area contributed by atoms with Gasteiger partial charge in [0, 0.05) is 30.7 Å². The number of benzene rings is 2. The van der Waals surface area contributed by atoms with Gasteiger partial charge >= 0.3 is 0 Å². The fourth-order valence-corrected chi connectivity index (χ4v) is 3.11. The summed E-state index contributed by atoms with van der Waals surface area (Å²) in [4.78, 5) is 28.8. The van der Waals surface area contributed by atoms with E-state index in [1.165, 1.54) is 6.20 Å². The van der Waals surface area contributed by atoms with Gasteiger partial charge in [0.2, 0.25) is 0 Å². The Labute approximate surface area is 185 Å². The number of amides is 2. The van der Waals surface area contributed by atoms with Crippen molar-refractivity contribution in [1.82, 2.24) is 20.1 Å². The first-order valence-corrected chi connectivity index (χ1v) is 10.0. The topological polar surface area (TPSA) is 115 Å². The lowest BCUT2D eigenvalue weighted by molar-refractivity contribution is 0.0950. The molecular formula is C24H22N6O2. The Hall–Kier alpha value is -4.46. The third kappa shape index (κ3) is 5.17. The van der Waals surface area contributed by atoms with Gasteiger partial charge in [-0.25, -0.2) is 0 Å². The summed E-state index contributed by atoms with van der Waals surface area (Å²) in [5.74, 6) is -0.437. The predicted octanol–water partition coefficient (Wildman–Crippen LogP) is 3.09. The van der Waals surface area contributed by atoms with Crippen molar-refractivity contribution in [3.8, 4) is 0 Å². The fourth-order valence-electron chi connectivity index (χ4n) is 3.11. The summed E-state index contributed by atoms with van der Waals surface area (Å²) in [6.45, 7) is 0.874. The number of aromatic nitrogens is 3. The van der Waals surface area contributed by atoms with Gasteiger partial charge in [-0.15, -0.1) is 0 Å². The average molecular weight is 426 g/mol. The lowest BCUT2D eigenvalue weighted by Crippen LogP contribution is -2.22. The van der Waals surface area contributed by atoms with Crippen LogP contribution in [0.3, 0.4) is 0 Å². The quantitative estimate of drug-likeness (QED) is 0.393. The van der Waals surface area contributed by atoms with E-state index in [4.69, 9.17) is 5.73 Å². The van der Waals surface area contributed by atoms with Crippen molar-refractivity contribution in [2.24, 2.45) is 0 Å². The third-order valence-corrected chi connectivity index (χ3v) is 4.84. The Balaban J connectivity index is 1.34. The summed E-state index contributed by atoms with van der Waals surface area (Å²) in [7, 11) is 0. The third-order valence-electron chi connectivity index (χ3n) is 4.84. The van der Waals surface area contributed by atoms with Crippen molar-refractivity contribution in [3.05, 3.63) is 108 Å². The smallest absolute Gasteiger partial charge is 0.255 e. The molecular weight excluding hydrogens is 404 g/mol. The molecule has 0 spiro atoms. The Kier molecular flexibility index (Phi) is 6.22. The molecule has 0 fully saturated rings. The van der Waals surface area contributed by atoms with E-state index in [-0.39, 0.29) is 11.8 Å². The number of nitrogens with zero attached hydrogens (tertiary/aromatic N) is 3. The highest BCUT2D eigenvalue weighted by Gasteiger charge is 2.10. The minimum Gasteiger partial charge on any atom is -0.397 e. The zero-order valence-corrected chi connectivity index (χ0v) is 17.2. The molecule has 4 N–H and O–H groups in total. The Morgan fingerprint density at radius 2 is 1.69 bits per heavy atom. The van der Waals surface area contributed by atoms with E-state index in [9.17, 15) is 9.59 Å². The summed E-state index contributed by atoms with van der Waals surface area (Å²) in [5.41, 5.74) is 9.83. The van der Waals surface area contributed by atoms with Crippen LogP contribution in [0, 0.1) is 0 Å². The number of nitrogens with two attached hydrogens (primary N) is 1. The molecule has 8 heteroatoms. The standard InChI is InChI=1S/C24H22N6O2/c25-21-5-1-2-6-22(21)29-24(32)19-9-7-17(8-10-19)15-30-16-20(14-28-30)23(31)27-13-18-4-3-11-26-12-18/h1-12,14,16H,13,15,25H2,(H,27,31)(H,29,32). The molecule has 0 aliphatic rings. The van der Waals surface area contributed by atoms with Gasteiger partial charge in [0.1, 0.15) is 0 Å². The molecule has 2 heterocycles. The highest BCUT2D eigenvalue weighted by atomic mass is 16.2. The van der Waals surface area contributed by atoms with Crippen LogP contribution >= 0.6 is 0 Å². The van der Waals surface area contributed by atoms with Crippen LogP contribution < -0.4 is 16.4 Å². The van der Waals surface area contributed by atoms with Gasteiger partial charge in [-0.05, 0) is 41.5 Å². The molecule has 0 radical (unpaired) electrons. The number of para-hydroxylation sites is 2. The van der Waals surface area contributed by atoms with Gasteiger partial charge in [-0.1, -0.05) is 30.3 Å². The monoisotopic (exact) mass is 426 g/mol. The summed E-state index contributed by atoms with van der Waals surface area (Å²) in [6.07, 6.45) is 6.62. The summed E-state index contributed by atoms with van der Waals surface area (Å²) < 4.78 is 1.68. The number of pyridine rings is 1. The second-order valence-electron chi connectivity index (χ2n) is 7.21.